The van der Waals surface area contributed by atoms with Crippen LogP contribution in [0, 0.1) is 6.92 Å². The molecule has 0 radical (unpaired) electrons. The van der Waals surface area contributed by atoms with E-state index < -0.39 is 0 Å². The van der Waals surface area contributed by atoms with Crippen LogP contribution in [0.2, 0.25) is 0 Å². The van der Waals surface area contributed by atoms with Crippen LogP contribution in [0.25, 0.3) is 0 Å². The summed E-state index contributed by atoms with van der Waals surface area (Å²) in [7, 11) is 3.36. The standard InChI is InChI=1S/C11H13N5OS/c1-7-4-13-11(14-5-7)18-10-8(17-3)9(12-2)15-6-16-10/h4-6H,1-3H3,(H,12,15,16). The van der Waals surface area contributed by atoms with Gasteiger partial charge in [-0.25, -0.2) is 19.9 Å². The van der Waals surface area contributed by atoms with E-state index in [4.69, 9.17) is 4.74 Å². The molecule has 0 aliphatic rings. The first-order valence-corrected chi connectivity index (χ1v) is 6.09. The van der Waals surface area contributed by atoms with Gasteiger partial charge in [0.25, 0.3) is 0 Å². The summed E-state index contributed by atoms with van der Waals surface area (Å²) >= 11 is 1.34. The van der Waals surface area contributed by atoms with Gasteiger partial charge in [-0.3, -0.25) is 0 Å². The van der Waals surface area contributed by atoms with Crippen LogP contribution in [0.3, 0.4) is 0 Å². The molecule has 0 amide bonds. The monoisotopic (exact) mass is 263 g/mol. The predicted molar refractivity (Wildman–Crippen MR) is 69.0 cm³/mol. The summed E-state index contributed by atoms with van der Waals surface area (Å²) in [6.07, 6.45) is 5.01. The summed E-state index contributed by atoms with van der Waals surface area (Å²) in [5.41, 5.74) is 1.02. The third kappa shape index (κ3) is 2.67. The average Bonchev–Trinajstić information content (AvgIpc) is 2.41. The molecule has 94 valence electrons. The van der Waals surface area contributed by atoms with Crippen LogP contribution >= 0.6 is 11.8 Å². The Bertz CT molecular complexity index is 531. The molecule has 7 heteroatoms. The first-order chi connectivity index (χ1) is 8.74. The maximum atomic E-state index is 5.30. The molecule has 0 bridgehead atoms. The Morgan fingerprint density at radius 1 is 1.17 bits per heavy atom. The van der Waals surface area contributed by atoms with Gasteiger partial charge in [-0.05, 0) is 24.2 Å². The lowest BCUT2D eigenvalue weighted by atomic mass is 10.4. The molecule has 0 aliphatic heterocycles. The minimum atomic E-state index is 0.592. The zero-order valence-corrected chi connectivity index (χ0v) is 11.2. The summed E-state index contributed by atoms with van der Waals surface area (Å²) in [6, 6.07) is 0. The lowest BCUT2D eigenvalue weighted by molar-refractivity contribution is 0.400. The maximum absolute atomic E-state index is 5.30. The van der Waals surface area contributed by atoms with Crippen LogP contribution in [0.1, 0.15) is 5.56 Å². The third-order valence-electron chi connectivity index (χ3n) is 2.16. The van der Waals surface area contributed by atoms with E-state index in [0.717, 1.165) is 5.56 Å². The molecule has 18 heavy (non-hydrogen) atoms. The Balaban J connectivity index is 2.31. The molecule has 0 aromatic carbocycles. The van der Waals surface area contributed by atoms with Gasteiger partial charge in [-0.2, -0.15) is 0 Å². The molecule has 0 spiro atoms. The summed E-state index contributed by atoms with van der Waals surface area (Å²) < 4.78 is 5.30. The second-order valence-corrected chi connectivity index (χ2v) is 4.41. The van der Waals surface area contributed by atoms with Crippen molar-refractivity contribution in [2.75, 3.05) is 19.5 Å². The number of rotatable bonds is 4. The lowest BCUT2D eigenvalue weighted by Crippen LogP contribution is -2.00. The normalized spacial score (nSPS) is 10.2. The summed E-state index contributed by atoms with van der Waals surface area (Å²) in [6.45, 7) is 1.94. The molecular weight excluding hydrogens is 250 g/mol. The topological polar surface area (TPSA) is 72.8 Å². The number of nitrogens with zero attached hydrogens (tertiary/aromatic N) is 4. The van der Waals surface area contributed by atoms with E-state index in [1.54, 1.807) is 26.6 Å². The minimum Gasteiger partial charge on any atom is -0.490 e. The molecule has 0 fully saturated rings. The van der Waals surface area contributed by atoms with Crippen molar-refractivity contribution in [2.24, 2.45) is 0 Å². The second-order valence-electron chi connectivity index (χ2n) is 3.46. The number of aromatic nitrogens is 4. The summed E-state index contributed by atoms with van der Waals surface area (Å²) in [5.74, 6) is 1.23. The van der Waals surface area contributed by atoms with Crippen LogP contribution in [0.4, 0.5) is 5.82 Å². The van der Waals surface area contributed by atoms with Crippen LogP contribution in [0.15, 0.2) is 28.9 Å². The molecule has 2 rings (SSSR count). The van der Waals surface area contributed by atoms with E-state index in [1.807, 2.05) is 6.92 Å². The molecule has 1 N–H and O–H groups in total. The van der Waals surface area contributed by atoms with E-state index >= 15 is 0 Å². The highest BCUT2D eigenvalue weighted by molar-refractivity contribution is 7.99. The van der Waals surface area contributed by atoms with Gasteiger partial charge in [-0.1, -0.05) is 0 Å². The maximum Gasteiger partial charge on any atom is 0.194 e. The van der Waals surface area contributed by atoms with E-state index in [9.17, 15) is 0 Å². The van der Waals surface area contributed by atoms with Crippen molar-refractivity contribution in [3.63, 3.8) is 0 Å². The first-order valence-electron chi connectivity index (χ1n) is 5.28. The molecule has 2 heterocycles. The van der Waals surface area contributed by atoms with Crippen LogP contribution in [-0.2, 0) is 0 Å². The lowest BCUT2D eigenvalue weighted by Gasteiger charge is -2.09. The highest BCUT2D eigenvalue weighted by atomic mass is 32.2. The molecular formula is C11H13N5OS. The molecule has 0 saturated carbocycles. The van der Waals surface area contributed by atoms with E-state index in [0.29, 0.717) is 21.7 Å². The van der Waals surface area contributed by atoms with Crippen LogP contribution in [0.5, 0.6) is 5.75 Å². The van der Waals surface area contributed by atoms with Gasteiger partial charge in [0.1, 0.15) is 6.33 Å². The number of methoxy groups -OCH3 is 1. The average molecular weight is 263 g/mol. The number of ether oxygens (including phenoxy) is 1. The fraction of sp³-hybridized carbons (Fsp3) is 0.273. The molecule has 6 nitrogen and oxygen atoms in total. The zero-order chi connectivity index (χ0) is 13.0. The Morgan fingerprint density at radius 3 is 2.50 bits per heavy atom. The smallest absolute Gasteiger partial charge is 0.194 e. The molecule has 2 aromatic heterocycles. The van der Waals surface area contributed by atoms with Crippen molar-refractivity contribution in [2.45, 2.75) is 17.1 Å². The first kappa shape index (κ1) is 12.6. The largest absolute Gasteiger partial charge is 0.490 e. The minimum absolute atomic E-state index is 0.592. The van der Waals surface area contributed by atoms with Crippen molar-refractivity contribution >= 4 is 17.6 Å². The summed E-state index contributed by atoms with van der Waals surface area (Å²) in [5, 5.41) is 4.26. The Kier molecular flexibility index (Phi) is 3.93. The second kappa shape index (κ2) is 5.63. The predicted octanol–water partition coefficient (Wildman–Crippen LogP) is 1.78. The van der Waals surface area contributed by atoms with Crippen molar-refractivity contribution in [1.29, 1.82) is 0 Å². The Morgan fingerprint density at radius 2 is 1.89 bits per heavy atom. The number of hydrogen-bond donors (Lipinski definition) is 1. The van der Waals surface area contributed by atoms with Gasteiger partial charge in [0, 0.05) is 19.4 Å². The molecule has 2 aromatic rings. The Hall–Kier alpha value is -1.89. The van der Waals surface area contributed by atoms with Crippen molar-refractivity contribution in [1.82, 2.24) is 19.9 Å². The molecule has 0 saturated heterocycles. The van der Waals surface area contributed by atoms with Crippen LogP contribution in [-0.4, -0.2) is 34.1 Å². The van der Waals surface area contributed by atoms with Gasteiger partial charge in [0.2, 0.25) is 0 Å². The third-order valence-corrected chi connectivity index (χ3v) is 3.03. The van der Waals surface area contributed by atoms with Gasteiger partial charge >= 0.3 is 0 Å². The number of hydrogen-bond acceptors (Lipinski definition) is 7. The Labute approximate surface area is 109 Å². The molecule has 0 aliphatic carbocycles. The fourth-order valence-corrected chi connectivity index (χ4v) is 2.07. The molecule has 0 atom stereocenters. The highest BCUT2D eigenvalue weighted by Crippen LogP contribution is 2.34. The van der Waals surface area contributed by atoms with Gasteiger partial charge in [0.05, 0.1) is 7.11 Å². The quantitative estimate of drug-likeness (QED) is 0.665. The number of anilines is 1. The van der Waals surface area contributed by atoms with Crippen LogP contribution < -0.4 is 10.1 Å². The SMILES string of the molecule is CNc1ncnc(Sc2ncc(C)cn2)c1OC. The van der Waals surface area contributed by atoms with E-state index in [1.165, 1.54) is 18.1 Å². The highest BCUT2D eigenvalue weighted by Gasteiger charge is 2.13. The molecule has 0 unspecified atom stereocenters. The summed E-state index contributed by atoms with van der Waals surface area (Å²) in [4.78, 5) is 16.7. The van der Waals surface area contributed by atoms with E-state index in [2.05, 4.69) is 25.3 Å². The van der Waals surface area contributed by atoms with E-state index in [-0.39, 0.29) is 0 Å². The van der Waals surface area contributed by atoms with Gasteiger partial charge < -0.3 is 10.1 Å². The zero-order valence-electron chi connectivity index (χ0n) is 10.3. The fourth-order valence-electron chi connectivity index (χ4n) is 1.31. The van der Waals surface area contributed by atoms with Crippen molar-refractivity contribution < 1.29 is 4.74 Å². The van der Waals surface area contributed by atoms with Crippen molar-refractivity contribution in [3.8, 4) is 5.75 Å². The van der Waals surface area contributed by atoms with Gasteiger partial charge in [0.15, 0.2) is 21.7 Å². The number of aryl methyl sites for hydroxylation is 1. The van der Waals surface area contributed by atoms with Gasteiger partial charge in [-0.15, -0.1) is 0 Å². The van der Waals surface area contributed by atoms with Crippen molar-refractivity contribution in [3.05, 3.63) is 24.3 Å². The number of nitrogens with one attached hydrogen (secondary N) is 1.